The van der Waals surface area contributed by atoms with Crippen LogP contribution in [0.25, 0.3) is 0 Å². The van der Waals surface area contributed by atoms with Gasteiger partial charge in [-0.25, -0.2) is 0 Å². The van der Waals surface area contributed by atoms with Crippen LogP contribution in [0.3, 0.4) is 0 Å². The standard InChI is InChI=1S/C17H30/c1-3-17-11-14-5-4-6-15(12-17)8-10-16(2,13-17)9-7-14/h14-15H,3-13H2,1-2H3. The highest BCUT2D eigenvalue weighted by atomic mass is 14.5. The van der Waals surface area contributed by atoms with E-state index in [1.54, 1.807) is 44.9 Å². The van der Waals surface area contributed by atoms with Gasteiger partial charge in [0.25, 0.3) is 0 Å². The first kappa shape index (κ1) is 12.1. The molecule has 0 nitrogen and oxygen atoms in total. The van der Waals surface area contributed by atoms with Crippen molar-refractivity contribution >= 4 is 0 Å². The fourth-order valence-corrected chi connectivity index (χ4v) is 5.57. The van der Waals surface area contributed by atoms with E-state index in [0.29, 0.717) is 5.41 Å². The summed E-state index contributed by atoms with van der Waals surface area (Å²) >= 11 is 0. The zero-order chi connectivity index (χ0) is 11.9. The van der Waals surface area contributed by atoms with Crippen molar-refractivity contribution in [3.05, 3.63) is 0 Å². The van der Waals surface area contributed by atoms with Crippen molar-refractivity contribution in [2.75, 3.05) is 0 Å². The molecule has 0 heteroatoms. The maximum Gasteiger partial charge on any atom is -0.0290 e. The molecule has 3 rings (SSSR count). The lowest BCUT2D eigenvalue weighted by molar-refractivity contribution is 0.113. The molecular weight excluding hydrogens is 204 g/mol. The molecule has 0 N–H and O–H groups in total. The summed E-state index contributed by atoms with van der Waals surface area (Å²) in [6, 6.07) is 0. The fraction of sp³-hybridized carbons (Fsp3) is 1.00. The first-order valence-corrected chi connectivity index (χ1v) is 8.13. The molecule has 4 bridgehead atoms. The van der Waals surface area contributed by atoms with Crippen LogP contribution in [-0.2, 0) is 0 Å². The zero-order valence-electron chi connectivity index (χ0n) is 11.9. The molecule has 0 radical (unpaired) electrons. The van der Waals surface area contributed by atoms with Crippen molar-refractivity contribution in [3.8, 4) is 0 Å². The summed E-state index contributed by atoms with van der Waals surface area (Å²) in [5.41, 5.74) is 1.45. The number of hydrogen-bond donors (Lipinski definition) is 0. The average molecular weight is 234 g/mol. The van der Waals surface area contributed by atoms with Crippen LogP contribution >= 0.6 is 0 Å². The van der Waals surface area contributed by atoms with Crippen LogP contribution in [0.2, 0.25) is 0 Å². The highest BCUT2D eigenvalue weighted by Crippen LogP contribution is 2.58. The third-order valence-electron chi connectivity index (χ3n) is 6.53. The fourth-order valence-electron chi connectivity index (χ4n) is 5.57. The molecule has 0 saturated heterocycles. The monoisotopic (exact) mass is 234 g/mol. The lowest BCUT2D eigenvalue weighted by Gasteiger charge is -2.40. The molecule has 0 spiro atoms. The Morgan fingerprint density at radius 1 is 0.941 bits per heavy atom. The Bertz CT molecular complexity index is 260. The topological polar surface area (TPSA) is 0 Å². The van der Waals surface area contributed by atoms with Crippen molar-refractivity contribution < 1.29 is 0 Å². The van der Waals surface area contributed by atoms with E-state index < -0.39 is 0 Å². The van der Waals surface area contributed by atoms with Gasteiger partial charge in [0.2, 0.25) is 0 Å². The van der Waals surface area contributed by atoms with E-state index >= 15 is 0 Å². The first-order valence-electron chi connectivity index (χ1n) is 8.13. The second-order valence-electron chi connectivity index (χ2n) is 7.99. The molecule has 2 unspecified atom stereocenters. The van der Waals surface area contributed by atoms with Crippen molar-refractivity contribution in [2.45, 2.75) is 84.5 Å². The smallest absolute Gasteiger partial charge is 0.0290 e. The third-order valence-corrected chi connectivity index (χ3v) is 6.53. The van der Waals surface area contributed by atoms with Gasteiger partial charge in [-0.15, -0.1) is 0 Å². The molecule has 0 aromatic carbocycles. The van der Waals surface area contributed by atoms with Gasteiger partial charge in [-0.1, -0.05) is 39.5 Å². The van der Waals surface area contributed by atoms with E-state index in [4.69, 9.17) is 0 Å². The van der Waals surface area contributed by atoms with Gasteiger partial charge in [0, 0.05) is 0 Å². The van der Waals surface area contributed by atoms with Crippen LogP contribution in [0.15, 0.2) is 0 Å². The Kier molecular flexibility index (Phi) is 3.04. The molecule has 0 aromatic rings. The van der Waals surface area contributed by atoms with Gasteiger partial charge in [-0.2, -0.15) is 0 Å². The molecule has 3 fully saturated rings. The SMILES string of the molecule is CCC12CC3CCCC(CCC(C)(CC3)C1)C2. The molecule has 2 atom stereocenters. The van der Waals surface area contributed by atoms with E-state index in [1.807, 2.05) is 0 Å². The predicted molar refractivity (Wildman–Crippen MR) is 74.0 cm³/mol. The van der Waals surface area contributed by atoms with Gasteiger partial charge in [0.15, 0.2) is 0 Å². The summed E-state index contributed by atoms with van der Waals surface area (Å²) in [6.07, 6.45) is 17.0. The van der Waals surface area contributed by atoms with Gasteiger partial charge < -0.3 is 0 Å². The Labute approximate surface area is 108 Å². The highest BCUT2D eigenvalue weighted by Gasteiger charge is 2.46. The number of fused-ring (bicyclic) bond motifs is 3. The van der Waals surface area contributed by atoms with Crippen molar-refractivity contribution in [3.63, 3.8) is 0 Å². The predicted octanol–water partition coefficient (Wildman–Crippen LogP) is 5.56. The van der Waals surface area contributed by atoms with Crippen molar-refractivity contribution in [1.82, 2.24) is 0 Å². The zero-order valence-corrected chi connectivity index (χ0v) is 11.9. The van der Waals surface area contributed by atoms with Crippen LogP contribution < -0.4 is 0 Å². The van der Waals surface area contributed by atoms with Gasteiger partial charge in [-0.3, -0.25) is 0 Å². The van der Waals surface area contributed by atoms with E-state index in [-0.39, 0.29) is 0 Å². The van der Waals surface area contributed by atoms with E-state index in [9.17, 15) is 0 Å². The second kappa shape index (κ2) is 4.28. The molecule has 0 heterocycles. The molecule has 0 amide bonds. The highest BCUT2D eigenvalue weighted by molar-refractivity contribution is 4.97. The van der Waals surface area contributed by atoms with E-state index in [2.05, 4.69) is 13.8 Å². The largest absolute Gasteiger partial charge is 0.0649 e. The van der Waals surface area contributed by atoms with Crippen LogP contribution in [0.1, 0.15) is 84.5 Å². The normalized spacial score (nSPS) is 50.5. The average Bonchev–Trinajstić information content (AvgIpc) is 2.53. The lowest BCUT2D eigenvalue weighted by Crippen LogP contribution is -2.28. The minimum Gasteiger partial charge on any atom is -0.0649 e. The van der Waals surface area contributed by atoms with Gasteiger partial charge in [-0.05, 0) is 67.6 Å². The Morgan fingerprint density at radius 2 is 1.53 bits per heavy atom. The van der Waals surface area contributed by atoms with Crippen LogP contribution in [-0.4, -0.2) is 0 Å². The molecule has 3 aliphatic carbocycles. The van der Waals surface area contributed by atoms with E-state index in [1.165, 1.54) is 25.7 Å². The molecule has 0 aliphatic heterocycles. The van der Waals surface area contributed by atoms with Crippen LogP contribution in [0.4, 0.5) is 0 Å². The Morgan fingerprint density at radius 3 is 2.06 bits per heavy atom. The second-order valence-corrected chi connectivity index (χ2v) is 7.99. The van der Waals surface area contributed by atoms with Crippen molar-refractivity contribution in [1.29, 1.82) is 0 Å². The van der Waals surface area contributed by atoms with Gasteiger partial charge in [0.05, 0.1) is 0 Å². The number of hydrogen-bond acceptors (Lipinski definition) is 0. The maximum atomic E-state index is 2.61. The quantitative estimate of drug-likeness (QED) is 0.557. The van der Waals surface area contributed by atoms with Crippen molar-refractivity contribution in [2.24, 2.45) is 22.7 Å². The third kappa shape index (κ3) is 2.29. The summed E-state index contributed by atoms with van der Waals surface area (Å²) in [7, 11) is 0. The van der Waals surface area contributed by atoms with Crippen LogP contribution in [0, 0.1) is 22.7 Å². The van der Waals surface area contributed by atoms with Crippen LogP contribution in [0.5, 0.6) is 0 Å². The Hall–Kier alpha value is 0. The summed E-state index contributed by atoms with van der Waals surface area (Å²) in [5, 5.41) is 0. The first-order chi connectivity index (χ1) is 8.13. The maximum absolute atomic E-state index is 2.61. The Balaban J connectivity index is 1.96. The lowest BCUT2D eigenvalue weighted by atomic mass is 9.65. The minimum absolute atomic E-state index is 0.705. The van der Waals surface area contributed by atoms with Gasteiger partial charge >= 0.3 is 0 Å². The minimum atomic E-state index is 0.705. The summed E-state index contributed by atoms with van der Waals surface area (Å²) in [5.74, 6) is 2.16. The van der Waals surface area contributed by atoms with E-state index in [0.717, 1.165) is 17.3 Å². The molecule has 0 aromatic heterocycles. The van der Waals surface area contributed by atoms with Gasteiger partial charge in [0.1, 0.15) is 0 Å². The molecule has 3 aliphatic rings. The molecule has 17 heavy (non-hydrogen) atoms. The molecule has 98 valence electrons. The summed E-state index contributed by atoms with van der Waals surface area (Å²) < 4.78 is 0. The molecule has 3 saturated carbocycles. The summed E-state index contributed by atoms with van der Waals surface area (Å²) in [6.45, 7) is 5.09. The number of rotatable bonds is 1. The summed E-state index contributed by atoms with van der Waals surface area (Å²) in [4.78, 5) is 0. The molecular formula is C17H30.